The van der Waals surface area contributed by atoms with Crippen LogP contribution in [0.4, 0.5) is 5.82 Å². The largest absolute Gasteiger partial charge is 0.483 e. The van der Waals surface area contributed by atoms with Crippen molar-refractivity contribution in [3.05, 3.63) is 47.4 Å². The van der Waals surface area contributed by atoms with Gasteiger partial charge in [-0.05, 0) is 30.4 Å². The molecule has 0 N–H and O–H groups in total. The first-order valence-electron chi connectivity index (χ1n) is 9.50. The highest BCUT2D eigenvalue weighted by atomic mass is 16.5. The molecule has 0 fully saturated rings. The molecular formula is C21H28N4O2. The molecule has 1 aromatic carbocycles. The van der Waals surface area contributed by atoms with Gasteiger partial charge in [0.15, 0.2) is 6.61 Å². The first-order valence-corrected chi connectivity index (χ1v) is 9.50. The fraction of sp³-hybridized carbons (Fsp3) is 0.476. The zero-order valence-corrected chi connectivity index (χ0v) is 16.6. The number of rotatable bonds is 6. The average Bonchev–Trinajstić information content (AvgIpc) is 2.70. The van der Waals surface area contributed by atoms with Crippen LogP contribution in [0.15, 0.2) is 30.6 Å². The van der Waals surface area contributed by atoms with Crippen molar-refractivity contribution in [3.8, 4) is 5.75 Å². The van der Waals surface area contributed by atoms with Crippen LogP contribution in [0.2, 0.25) is 0 Å². The number of hydrogen-bond donors (Lipinski definition) is 0. The maximum absolute atomic E-state index is 12.7. The molecule has 3 rings (SSSR count). The number of fused-ring (bicyclic) bond motifs is 1. The summed E-state index contributed by atoms with van der Waals surface area (Å²) in [5.74, 6) is 2.13. The Morgan fingerprint density at radius 1 is 1.30 bits per heavy atom. The van der Waals surface area contributed by atoms with Crippen LogP contribution in [0.3, 0.4) is 0 Å². The molecule has 2 heterocycles. The molecule has 0 spiro atoms. The van der Waals surface area contributed by atoms with Crippen molar-refractivity contribution in [2.24, 2.45) is 0 Å². The van der Waals surface area contributed by atoms with E-state index in [1.165, 1.54) is 0 Å². The summed E-state index contributed by atoms with van der Waals surface area (Å²) in [7, 11) is 3.95. The summed E-state index contributed by atoms with van der Waals surface area (Å²) >= 11 is 0. The van der Waals surface area contributed by atoms with Crippen LogP contribution in [0, 0.1) is 0 Å². The highest BCUT2D eigenvalue weighted by molar-refractivity contribution is 5.78. The van der Waals surface area contributed by atoms with Crippen molar-refractivity contribution in [1.29, 1.82) is 0 Å². The molecule has 0 saturated heterocycles. The van der Waals surface area contributed by atoms with Crippen LogP contribution in [0.1, 0.15) is 43.0 Å². The van der Waals surface area contributed by atoms with Crippen molar-refractivity contribution in [2.45, 2.75) is 39.2 Å². The standard InChI is InChI=1S/C21H28N4O2/c1-5-15(2)16-8-6-7-9-19(16)27-13-20(26)25-11-10-17-18(12-25)22-14-23-21(17)24(3)4/h6-9,14-15H,5,10-13H2,1-4H3/t15-/m0/s1. The lowest BCUT2D eigenvalue weighted by Gasteiger charge is -2.30. The maximum Gasteiger partial charge on any atom is 0.260 e. The van der Waals surface area contributed by atoms with Crippen molar-refractivity contribution in [1.82, 2.24) is 14.9 Å². The van der Waals surface area contributed by atoms with Gasteiger partial charge in [0.1, 0.15) is 17.9 Å². The minimum atomic E-state index is -0.00961. The number of benzene rings is 1. The summed E-state index contributed by atoms with van der Waals surface area (Å²) in [5, 5.41) is 0. The third-order valence-corrected chi connectivity index (χ3v) is 5.17. The second-order valence-electron chi connectivity index (χ2n) is 7.22. The van der Waals surface area contributed by atoms with E-state index in [4.69, 9.17) is 4.74 Å². The summed E-state index contributed by atoms with van der Waals surface area (Å²) in [4.78, 5) is 25.3. The van der Waals surface area contributed by atoms with E-state index in [1.54, 1.807) is 6.33 Å². The number of para-hydroxylation sites is 1. The Balaban J connectivity index is 1.66. The third-order valence-electron chi connectivity index (χ3n) is 5.17. The van der Waals surface area contributed by atoms with Crippen LogP contribution in [0.25, 0.3) is 0 Å². The first-order chi connectivity index (χ1) is 13.0. The fourth-order valence-corrected chi connectivity index (χ4v) is 3.41. The number of carbonyl (C=O) groups is 1. The lowest BCUT2D eigenvalue weighted by atomic mass is 9.98. The predicted molar refractivity (Wildman–Crippen MR) is 106 cm³/mol. The molecular weight excluding hydrogens is 340 g/mol. The number of amides is 1. The Kier molecular flexibility index (Phi) is 5.94. The minimum absolute atomic E-state index is 0.00961. The summed E-state index contributed by atoms with van der Waals surface area (Å²) in [6, 6.07) is 7.98. The van der Waals surface area contributed by atoms with Crippen LogP contribution >= 0.6 is 0 Å². The lowest BCUT2D eigenvalue weighted by Crippen LogP contribution is -2.39. The zero-order chi connectivity index (χ0) is 19.4. The molecule has 0 radical (unpaired) electrons. The van der Waals surface area contributed by atoms with Gasteiger partial charge >= 0.3 is 0 Å². The number of carbonyl (C=O) groups excluding carboxylic acids is 1. The fourth-order valence-electron chi connectivity index (χ4n) is 3.41. The molecule has 0 saturated carbocycles. The number of nitrogens with zero attached hydrogens (tertiary/aromatic N) is 4. The monoisotopic (exact) mass is 368 g/mol. The Morgan fingerprint density at radius 2 is 2.07 bits per heavy atom. The Morgan fingerprint density at radius 3 is 2.81 bits per heavy atom. The molecule has 2 aromatic rings. The number of ether oxygens (including phenoxy) is 1. The van der Waals surface area contributed by atoms with Crippen LogP contribution in [-0.2, 0) is 17.8 Å². The molecule has 0 unspecified atom stereocenters. The highest BCUT2D eigenvalue weighted by Gasteiger charge is 2.25. The van der Waals surface area contributed by atoms with Gasteiger partial charge in [0, 0.05) is 26.2 Å². The van der Waals surface area contributed by atoms with E-state index in [1.807, 2.05) is 42.1 Å². The second kappa shape index (κ2) is 8.37. The molecule has 1 aromatic heterocycles. The summed E-state index contributed by atoms with van der Waals surface area (Å²) in [6.45, 7) is 5.55. The van der Waals surface area contributed by atoms with Gasteiger partial charge in [0.2, 0.25) is 0 Å². The molecule has 27 heavy (non-hydrogen) atoms. The number of hydrogen-bond acceptors (Lipinski definition) is 5. The van der Waals surface area contributed by atoms with Gasteiger partial charge < -0.3 is 14.5 Å². The highest BCUT2D eigenvalue weighted by Crippen LogP contribution is 2.29. The number of anilines is 1. The topological polar surface area (TPSA) is 58.6 Å². The molecule has 1 atom stereocenters. The molecule has 0 bridgehead atoms. The van der Waals surface area contributed by atoms with Gasteiger partial charge in [-0.1, -0.05) is 32.0 Å². The summed E-state index contributed by atoms with van der Waals surface area (Å²) in [5.41, 5.74) is 3.21. The molecule has 1 aliphatic rings. The minimum Gasteiger partial charge on any atom is -0.483 e. The SMILES string of the molecule is CC[C@H](C)c1ccccc1OCC(=O)N1CCc2c(ncnc2N(C)C)C1. The van der Waals surface area contributed by atoms with Crippen LogP contribution in [0.5, 0.6) is 5.75 Å². The third kappa shape index (κ3) is 4.21. The molecule has 144 valence electrons. The van der Waals surface area contributed by atoms with Crippen molar-refractivity contribution >= 4 is 11.7 Å². The quantitative estimate of drug-likeness (QED) is 0.784. The molecule has 6 nitrogen and oxygen atoms in total. The molecule has 1 aliphatic heterocycles. The second-order valence-corrected chi connectivity index (χ2v) is 7.22. The molecule has 0 aliphatic carbocycles. The van der Waals surface area contributed by atoms with Crippen molar-refractivity contribution < 1.29 is 9.53 Å². The number of aromatic nitrogens is 2. The normalized spacial score (nSPS) is 14.4. The Bertz CT molecular complexity index is 807. The van der Waals surface area contributed by atoms with E-state index in [2.05, 4.69) is 29.9 Å². The van der Waals surface area contributed by atoms with Crippen molar-refractivity contribution in [3.63, 3.8) is 0 Å². The van der Waals surface area contributed by atoms with E-state index >= 15 is 0 Å². The smallest absolute Gasteiger partial charge is 0.260 e. The van der Waals surface area contributed by atoms with E-state index < -0.39 is 0 Å². The average molecular weight is 368 g/mol. The van der Waals surface area contributed by atoms with Crippen LogP contribution < -0.4 is 9.64 Å². The molecule has 6 heteroatoms. The van der Waals surface area contributed by atoms with E-state index in [0.717, 1.165) is 41.2 Å². The van der Waals surface area contributed by atoms with Crippen LogP contribution in [-0.4, -0.2) is 48.0 Å². The van der Waals surface area contributed by atoms with Gasteiger partial charge in [-0.2, -0.15) is 0 Å². The summed E-state index contributed by atoms with van der Waals surface area (Å²) < 4.78 is 5.89. The predicted octanol–water partition coefficient (Wildman–Crippen LogP) is 3.02. The van der Waals surface area contributed by atoms with E-state index in [0.29, 0.717) is 19.0 Å². The van der Waals surface area contributed by atoms with Gasteiger partial charge in [-0.15, -0.1) is 0 Å². The zero-order valence-electron chi connectivity index (χ0n) is 16.6. The summed E-state index contributed by atoms with van der Waals surface area (Å²) in [6.07, 6.45) is 3.37. The lowest BCUT2D eigenvalue weighted by molar-refractivity contribution is -0.134. The van der Waals surface area contributed by atoms with Gasteiger partial charge in [0.25, 0.3) is 5.91 Å². The van der Waals surface area contributed by atoms with Gasteiger partial charge in [-0.25, -0.2) is 9.97 Å². The molecule has 1 amide bonds. The van der Waals surface area contributed by atoms with Crippen molar-refractivity contribution in [2.75, 3.05) is 32.1 Å². The maximum atomic E-state index is 12.7. The Hall–Kier alpha value is -2.63. The van der Waals surface area contributed by atoms with E-state index in [-0.39, 0.29) is 12.5 Å². The Labute approximate surface area is 161 Å². The van der Waals surface area contributed by atoms with Gasteiger partial charge in [-0.3, -0.25) is 4.79 Å². The van der Waals surface area contributed by atoms with E-state index in [9.17, 15) is 4.79 Å². The van der Waals surface area contributed by atoms with Gasteiger partial charge in [0.05, 0.1) is 12.2 Å². The first kappa shape index (κ1) is 19.1.